The SMILES string of the molecule is COC(=O)C1=C(C)Nc2nc(SCc3ccccc3Cl)nn2C1c1ccc(OC)c(OC)c1. The first-order valence-corrected chi connectivity index (χ1v) is 11.4. The number of allylic oxidation sites excluding steroid dienone is 1. The quantitative estimate of drug-likeness (QED) is 0.379. The fourth-order valence-electron chi connectivity index (χ4n) is 3.66. The Bertz CT molecular complexity index is 1230. The van der Waals surface area contributed by atoms with Crippen LogP contribution in [0.4, 0.5) is 5.95 Å². The first kappa shape index (κ1) is 23.0. The van der Waals surface area contributed by atoms with E-state index in [1.54, 1.807) is 25.0 Å². The predicted molar refractivity (Wildman–Crippen MR) is 127 cm³/mol. The first-order chi connectivity index (χ1) is 16.0. The molecule has 0 aliphatic carbocycles. The third kappa shape index (κ3) is 4.51. The van der Waals surface area contributed by atoms with Gasteiger partial charge in [0, 0.05) is 16.5 Å². The zero-order valence-electron chi connectivity index (χ0n) is 18.6. The number of hydrogen-bond donors (Lipinski definition) is 1. The van der Waals surface area contributed by atoms with Crippen molar-refractivity contribution in [3.63, 3.8) is 0 Å². The van der Waals surface area contributed by atoms with Crippen LogP contribution in [0.25, 0.3) is 0 Å². The summed E-state index contributed by atoms with van der Waals surface area (Å²) in [7, 11) is 4.50. The molecular weight excluding hydrogens is 464 g/mol. The molecule has 0 radical (unpaired) electrons. The van der Waals surface area contributed by atoms with Gasteiger partial charge < -0.3 is 19.5 Å². The van der Waals surface area contributed by atoms with Crippen molar-refractivity contribution in [2.75, 3.05) is 26.6 Å². The van der Waals surface area contributed by atoms with Gasteiger partial charge in [-0.15, -0.1) is 5.10 Å². The Morgan fingerprint density at radius 1 is 1.15 bits per heavy atom. The van der Waals surface area contributed by atoms with Gasteiger partial charge in [0.25, 0.3) is 0 Å². The van der Waals surface area contributed by atoms with Crippen LogP contribution in [-0.2, 0) is 15.3 Å². The van der Waals surface area contributed by atoms with Crippen LogP contribution in [0, 0.1) is 0 Å². The van der Waals surface area contributed by atoms with E-state index < -0.39 is 12.0 Å². The Labute approximate surface area is 200 Å². The fourth-order valence-corrected chi connectivity index (χ4v) is 4.77. The van der Waals surface area contributed by atoms with Gasteiger partial charge in [0.2, 0.25) is 11.1 Å². The number of esters is 1. The minimum atomic E-state index is -0.560. The number of thioether (sulfide) groups is 1. The summed E-state index contributed by atoms with van der Waals surface area (Å²) in [5.74, 6) is 1.82. The Morgan fingerprint density at radius 3 is 2.61 bits per heavy atom. The van der Waals surface area contributed by atoms with Crippen molar-refractivity contribution in [3.05, 3.63) is 69.9 Å². The number of nitrogens with zero attached hydrogens (tertiary/aromatic N) is 3. The third-order valence-electron chi connectivity index (χ3n) is 5.28. The van der Waals surface area contributed by atoms with Crippen molar-refractivity contribution >= 4 is 35.3 Å². The smallest absolute Gasteiger partial charge is 0.338 e. The van der Waals surface area contributed by atoms with Crippen molar-refractivity contribution < 1.29 is 19.0 Å². The monoisotopic (exact) mass is 486 g/mol. The van der Waals surface area contributed by atoms with Gasteiger partial charge in [0.15, 0.2) is 11.5 Å². The topological polar surface area (TPSA) is 87.5 Å². The van der Waals surface area contributed by atoms with E-state index in [4.69, 9.17) is 30.9 Å². The van der Waals surface area contributed by atoms with Crippen LogP contribution in [0.3, 0.4) is 0 Å². The molecule has 1 N–H and O–H groups in total. The molecule has 1 atom stereocenters. The number of ether oxygens (including phenoxy) is 3. The van der Waals surface area contributed by atoms with E-state index in [9.17, 15) is 4.79 Å². The van der Waals surface area contributed by atoms with Gasteiger partial charge in [-0.1, -0.05) is 47.6 Å². The highest BCUT2D eigenvalue weighted by atomic mass is 35.5. The highest BCUT2D eigenvalue weighted by Gasteiger charge is 2.35. The molecule has 2 heterocycles. The Balaban J connectivity index is 1.74. The molecule has 1 aliphatic heterocycles. The number of carbonyl (C=O) groups is 1. The van der Waals surface area contributed by atoms with Gasteiger partial charge in [-0.2, -0.15) is 4.98 Å². The lowest BCUT2D eigenvalue weighted by Gasteiger charge is -2.28. The average molecular weight is 487 g/mol. The number of halogens is 1. The molecule has 4 rings (SSSR count). The van der Waals surface area contributed by atoms with Crippen molar-refractivity contribution in [1.82, 2.24) is 14.8 Å². The summed E-state index contributed by atoms with van der Waals surface area (Å²) in [5, 5.41) is 9.13. The van der Waals surface area contributed by atoms with Crippen LogP contribution < -0.4 is 14.8 Å². The van der Waals surface area contributed by atoms with Crippen molar-refractivity contribution in [2.45, 2.75) is 23.9 Å². The summed E-state index contributed by atoms with van der Waals surface area (Å²) in [5.41, 5.74) is 2.85. The van der Waals surface area contributed by atoms with Crippen LogP contribution in [0.2, 0.25) is 5.02 Å². The molecule has 8 nitrogen and oxygen atoms in total. The molecule has 0 saturated carbocycles. The average Bonchev–Trinajstić information content (AvgIpc) is 3.24. The molecule has 0 amide bonds. The van der Waals surface area contributed by atoms with Gasteiger partial charge in [-0.3, -0.25) is 0 Å². The Kier molecular flexibility index (Phi) is 6.80. The zero-order chi connectivity index (χ0) is 23.5. The van der Waals surface area contributed by atoms with Crippen molar-refractivity contribution in [1.29, 1.82) is 0 Å². The number of benzene rings is 2. The number of anilines is 1. The molecular formula is C23H23ClN4O4S. The second-order valence-electron chi connectivity index (χ2n) is 7.21. The predicted octanol–water partition coefficient (Wildman–Crippen LogP) is 4.70. The summed E-state index contributed by atoms with van der Waals surface area (Å²) in [6.07, 6.45) is 0. The lowest BCUT2D eigenvalue weighted by atomic mass is 9.95. The zero-order valence-corrected chi connectivity index (χ0v) is 20.2. The van der Waals surface area contributed by atoms with Gasteiger partial charge in [0.1, 0.15) is 6.04 Å². The summed E-state index contributed by atoms with van der Waals surface area (Å²) < 4.78 is 17.6. The largest absolute Gasteiger partial charge is 0.493 e. The summed E-state index contributed by atoms with van der Waals surface area (Å²) in [6.45, 7) is 1.81. The molecule has 1 aliphatic rings. The maximum Gasteiger partial charge on any atom is 0.338 e. The van der Waals surface area contributed by atoms with E-state index in [1.165, 1.54) is 18.9 Å². The van der Waals surface area contributed by atoms with E-state index in [0.29, 0.717) is 44.6 Å². The first-order valence-electron chi connectivity index (χ1n) is 10.1. The van der Waals surface area contributed by atoms with Gasteiger partial charge in [-0.25, -0.2) is 9.48 Å². The summed E-state index contributed by atoms with van der Waals surface area (Å²) in [4.78, 5) is 17.4. The lowest BCUT2D eigenvalue weighted by molar-refractivity contribution is -0.136. The van der Waals surface area contributed by atoms with Crippen molar-refractivity contribution in [2.24, 2.45) is 0 Å². The molecule has 0 saturated heterocycles. The number of carbonyl (C=O) groups excluding carboxylic acids is 1. The van der Waals surface area contributed by atoms with Crippen molar-refractivity contribution in [3.8, 4) is 11.5 Å². The highest BCUT2D eigenvalue weighted by molar-refractivity contribution is 7.98. The second kappa shape index (κ2) is 9.76. The van der Waals surface area contributed by atoms with Crippen LogP contribution >= 0.6 is 23.4 Å². The van der Waals surface area contributed by atoms with E-state index in [0.717, 1.165) is 11.1 Å². The molecule has 3 aromatic rings. The van der Waals surface area contributed by atoms with E-state index in [-0.39, 0.29) is 0 Å². The number of methoxy groups -OCH3 is 3. The van der Waals surface area contributed by atoms with Crippen LogP contribution in [0.5, 0.6) is 11.5 Å². The number of nitrogens with one attached hydrogen (secondary N) is 1. The van der Waals surface area contributed by atoms with Crippen LogP contribution in [0.1, 0.15) is 24.1 Å². The summed E-state index contributed by atoms with van der Waals surface area (Å²) >= 11 is 7.75. The number of rotatable bonds is 7. The second-order valence-corrected chi connectivity index (χ2v) is 8.56. The molecule has 33 heavy (non-hydrogen) atoms. The normalized spacial score (nSPS) is 15.0. The third-order valence-corrected chi connectivity index (χ3v) is 6.53. The minimum absolute atomic E-state index is 0.435. The minimum Gasteiger partial charge on any atom is -0.493 e. The number of hydrogen-bond acceptors (Lipinski definition) is 8. The van der Waals surface area contributed by atoms with Crippen LogP contribution in [-0.4, -0.2) is 42.1 Å². The van der Waals surface area contributed by atoms with Gasteiger partial charge in [0.05, 0.1) is 26.9 Å². The molecule has 10 heteroatoms. The molecule has 172 valence electrons. The Hall–Kier alpha value is -3.17. The molecule has 1 unspecified atom stereocenters. The van der Waals surface area contributed by atoms with E-state index >= 15 is 0 Å². The summed E-state index contributed by atoms with van der Waals surface area (Å²) in [6, 6.07) is 12.6. The maximum absolute atomic E-state index is 12.7. The van der Waals surface area contributed by atoms with Gasteiger partial charge >= 0.3 is 5.97 Å². The molecule has 0 fully saturated rings. The van der Waals surface area contributed by atoms with E-state index in [2.05, 4.69) is 10.3 Å². The highest BCUT2D eigenvalue weighted by Crippen LogP contribution is 2.40. The fraction of sp³-hybridized carbons (Fsp3) is 0.261. The van der Waals surface area contributed by atoms with E-state index in [1.807, 2.05) is 43.3 Å². The molecule has 0 bridgehead atoms. The lowest BCUT2D eigenvalue weighted by Crippen LogP contribution is -2.29. The van der Waals surface area contributed by atoms with Gasteiger partial charge in [-0.05, 0) is 36.2 Å². The molecule has 1 aromatic heterocycles. The maximum atomic E-state index is 12.7. The van der Waals surface area contributed by atoms with Crippen LogP contribution in [0.15, 0.2) is 58.9 Å². The molecule has 0 spiro atoms. The molecule has 2 aromatic carbocycles. The Morgan fingerprint density at radius 2 is 1.91 bits per heavy atom. The number of fused-ring (bicyclic) bond motifs is 1. The standard InChI is InChI=1S/C23H23ClN4O4S/c1-13-19(21(29)32-4)20(14-9-10-17(30-2)18(11-14)31-3)28-22(25-13)26-23(27-28)33-12-15-7-5-6-8-16(15)24/h5-11,20H,12H2,1-4H3,(H,25,26,27). The number of aromatic nitrogens is 3.